The lowest BCUT2D eigenvalue weighted by molar-refractivity contribution is 0.0942. The van der Waals surface area contributed by atoms with Crippen molar-refractivity contribution in [3.8, 4) is 11.3 Å². The van der Waals surface area contributed by atoms with Gasteiger partial charge in [0.05, 0.1) is 0 Å². The second-order valence-electron chi connectivity index (χ2n) is 6.72. The first kappa shape index (κ1) is 17.7. The summed E-state index contributed by atoms with van der Waals surface area (Å²) in [7, 11) is 0. The van der Waals surface area contributed by atoms with Crippen LogP contribution in [-0.4, -0.2) is 42.1 Å². The van der Waals surface area contributed by atoms with Gasteiger partial charge < -0.3 is 14.7 Å². The number of benzene rings is 1. The number of hydrogen-bond donors (Lipinski definition) is 1. The molecule has 2 aromatic rings. The van der Waals surface area contributed by atoms with Crippen LogP contribution in [-0.2, 0) is 0 Å². The third kappa shape index (κ3) is 4.69. The van der Waals surface area contributed by atoms with Gasteiger partial charge in [-0.25, -0.2) is 0 Å². The van der Waals surface area contributed by atoms with Gasteiger partial charge in [-0.2, -0.15) is 0 Å². The minimum absolute atomic E-state index is 0.153. The summed E-state index contributed by atoms with van der Waals surface area (Å²) < 4.78 is 5.40. The summed E-state index contributed by atoms with van der Waals surface area (Å²) in [5, 5.41) is 6.95. The van der Waals surface area contributed by atoms with Crippen molar-refractivity contribution in [2.45, 2.75) is 39.0 Å². The van der Waals surface area contributed by atoms with Crippen LogP contribution < -0.4 is 5.32 Å². The van der Waals surface area contributed by atoms with E-state index in [1.165, 1.54) is 38.8 Å². The van der Waals surface area contributed by atoms with E-state index in [1.54, 1.807) is 0 Å². The van der Waals surface area contributed by atoms with Gasteiger partial charge in [0.15, 0.2) is 11.5 Å². The fourth-order valence-electron chi connectivity index (χ4n) is 3.35. The third-order valence-corrected chi connectivity index (χ3v) is 4.81. The highest BCUT2D eigenvalue weighted by molar-refractivity contribution is 5.94. The Kier molecular flexibility index (Phi) is 6.23. The zero-order chi connectivity index (χ0) is 17.5. The average molecular weight is 341 g/mol. The predicted molar refractivity (Wildman–Crippen MR) is 98.5 cm³/mol. The van der Waals surface area contributed by atoms with Crippen molar-refractivity contribution in [3.05, 3.63) is 41.6 Å². The number of likely N-dealkylation sites (tertiary alicyclic amines) is 1. The Morgan fingerprint density at radius 3 is 2.60 bits per heavy atom. The van der Waals surface area contributed by atoms with E-state index in [9.17, 15) is 4.79 Å². The molecule has 134 valence electrons. The van der Waals surface area contributed by atoms with Gasteiger partial charge >= 0.3 is 0 Å². The number of carbonyl (C=O) groups is 1. The first-order valence-electron chi connectivity index (χ1n) is 9.28. The highest BCUT2D eigenvalue weighted by atomic mass is 16.5. The van der Waals surface area contributed by atoms with Crippen LogP contribution in [0.15, 0.2) is 34.9 Å². The van der Waals surface area contributed by atoms with Gasteiger partial charge in [0.2, 0.25) is 0 Å². The van der Waals surface area contributed by atoms with Crippen molar-refractivity contribution in [1.82, 2.24) is 15.4 Å². The van der Waals surface area contributed by atoms with Crippen LogP contribution in [0.25, 0.3) is 11.3 Å². The molecule has 0 aliphatic carbocycles. The van der Waals surface area contributed by atoms with Gasteiger partial charge in [-0.15, -0.1) is 0 Å². The maximum absolute atomic E-state index is 12.4. The summed E-state index contributed by atoms with van der Waals surface area (Å²) >= 11 is 0. The SMILES string of the molecule is Cc1c(C(=O)NCCCN2CCCCCC2)noc1-c1ccccc1. The molecule has 1 N–H and O–H groups in total. The van der Waals surface area contributed by atoms with Crippen LogP contribution in [0.5, 0.6) is 0 Å². The molecular formula is C20H27N3O2. The number of carbonyl (C=O) groups excluding carboxylic acids is 1. The maximum Gasteiger partial charge on any atom is 0.273 e. The Morgan fingerprint density at radius 1 is 1.16 bits per heavy atom. The monoisotopic (exact) mass is 341 g/mol. The van der Waals surface area contributed by atoms with Crippen molar-refractivity contribution < 1.29 is 9.32 Å². The molecule has 1 aromatic heterocycles. The molecule has 0 saturated carbocycles. The molecule has 3 rings (SSSR count). The minimum atomic E-state index is -0.153. The summed E-state index contributed by atoms with van der Waals surface area (Å²) in [4.78, 5) is 14.9. The zero-order valence-electron chi connectivity index (χ0n) is 15.0. The van der Waals surface area contributed by atoms with E-state index in [1.807, 2.05) is 37.3 Å². The summed E-state index contributed by atoms with van der Waals surface area (Å²) in [5.41, 5.74) is 2.11. The van der Waals surface area contributed by atoms with Crippen LogP contribution >= 0.6 is 0 Å². The van der Waals surface area contributed by atoms with E-state index < -0.39 is 0 Å². The number of nitrogens with zero attached hydrogens (tertiary/aromatic N) is 2. The number of aromatic nitrogens is 1. The van der Waals surface area contributed by atoms with Crippen molar-refractivity contribution in [3.63, 3.8) is 0 Å². The Hall–Kier alpha value is -2.14. The lowest BCUT2D eigenvalue weighted by atomic mass is 10.1. The van der Waals surface area contributed by atoms with Crippen molar-refractivity contribution >= 4 is 5.91 Å². The largest absolute Gasteiger partial charge is 0.355 e. The maximum atomic E-state index is 12.4. The van der Waals surface area contributed by atoms with Gasteiger partial charge in [0.1, 0.15) is 0 Å². The number of rotatable bonds is 6. The third-order valence-electron chi connectivity index (χ3n) is 4.81. The van der Waals surface area contributed by atoms with E-state index >= 15 is 0 Å². The molecule has 1 amide bonds. The van der Waals surface area contributed by atoms with Crippen molar-refractivity contribution in [2.75, 3.05) is 26.2 Å². The Labute approximate surface area is 149 Å². The summed E-state index contributed by atoms with van der Waals surface area (Å²) in [6.45, 7) is 5.98. The normalized spacial score (nSPS) is 15.7. The number of amides is 1. The molecule has 5 nitrogen and oxygen atoms in total. The summed E-state index contributed by atoms with van der Waals surface area (Å²) in [6, 6.07) is 9.75. The first-order chi connectivity index (χ1) is 12.3. The van der Waals surface area contributed by atoms with E-state index in [2.05, 4.69) is 15.4 Å². The molecule has 1 aromatic carbocycles. The predicted octanol–water partition coefficient (Wildman–Crippen LogP) is 3.65. The van der Waals surface area contributed by atoms with Gasteiger partial charge in [-0.1, -0.05) is 48.3 Å². The molecule has 0 bridgehead atoms. The molecule has 0 unspecified atom stereocenters. The fraction of sp³-hybridized carbons (Fsp3) is 0.500. The molecular weight excluding hydrogens is 314 g/mol. The second-order valence-corrected chi connectivity index (χ2v) is 6.72. The second kappa shape index (κ2) is 8.81. The van der Waals surface area contributed by atoms with Crippen LogP contribution in [0.3, 0.4) is 0 Å². The first-order valence-corrected chi connectivity index (χ1v) is 9.28. The molecule has 1 aliphatic rings. The lowest BCUT2D eigenvalue weighted by Gasteiger charge is -2.19. The van der Waals surface area contributed by atoms with E-state index in [0.717, 1.165) is 24.1 Å². The van der Waals surface area contributed by atoms with Crippen LogP contribution in [0.1, 0.15) is 48.2 Å². The average Bonchev–Trinajstić information content (AvgIpc) is 2.84. The Morgan fingerprint density at radius 2 is 1.88 bits per heavy atom. The molecule has 0 radical (unpaired) electrons. The quantitative estimate of drug-likeness (QED) is 0.815. The van der Waals surface area contributed by atoms with Gasteiger partial charge in [0.25, 0.3) is 5.91 Å². The minimum Gasteiger partial charge on any atom is -0.355 e. The van der Waals surface area contributed by atoms with Crippen molar-refractivity contribution in [2.24, 2.45) is 0 Å². The molecule has 1 fully saturated rings. The highest BCUT2D eigenvalue weighted by Gasteiger charge is 2.19. The Bertz CT molecular complexity index is 674. The van der Waals surface area contributed by atoms with Gasteiger partial charge in [0, 0.05) is 17.7 Å². The number of hydrogen-bond acceptors (Lipinski definition) is 4. The molecule has 1 aliphatic heterocycles. The van der Waals surface area contributed by atoms with Gasteiger partial charge in [-0.05, 0) is 45.8 Å². The van der Waals surface area contributed by atoms with Crippen LogP contribution in [0, 0.1) is 6.92 Å². The zero-order valence-corrected chi connectivity index (χ0v) is 15.0. The standard InChI is InChI=1S/C20H27N3O2/c1-16-18(22-25-19(16)17-10-5-4-6-11-17)20(24)21-12-9-15-23-13-7-2-3-8-14-23/h4-6,10-11H,2-3,7-9,12-15H2,1H3,(H,21,24). The van der Waals surface area contributed by atoms with Crippen LogP contribution in [0.2, 0.25) is 0 Å². The topological polar surface area (TPSA) is 58.4 Å². The summed E-state index contributed by atoms with van der Waals surface area (Å²) in [5.74, 6) is 0.509. The highest BCUT2D eigenvalue weighted by Crippen LogP contribution is 2.25. The number of nitrogens with one attached hydrogen (secondary N) is 1. The van der Waals surface area contributed by atoms with Gasteiger partial charge in [-0.3, -0.25) is 4.79 Å². The molecule has 1 saturated heterocycles. The molecule has 25 heavy (non-hydrogen) atoms. The van der Waals surface area contributed by atoms with Crippen LogP contribution in [0.4, 0.5) is 0 Å². The fourth-order valence-corrected chi connectivity index (χ4v) is 3.35. The van der Waals surface area contributed by atoms with E-state index in [-0.39, 0.29) is 5.91 Å². The van der Waals surface area contributed by atoms with Crippen molar-refractivity contribution in [1.29, 1.82) is 0 Å². The Balaban J connectivity index is 1.49. The molecule has 5 heteroatoms. The summed E-state index contributed by atoms with van der Waals surface area (Å²) in [6.07, 6.45) is 6.26. The van der Waals surface area contributed by atoms with E-state index in [0.29, 0.717) is 18.0 Å². The lowest BCUT2D eigenvalue weighted by Crippen LogP contribution is -2.31. The van der Waals surface area contributed by atoms with E-state index in [4.69, 9.17) is 4.52 Å². The molecule has 2 heterocycles. The molecule has 0 spiro atoms. The smallest absolute Gasteiger partial charge is 0.273 e. The molecule has 0 atom stereocenters.